The van der Waals surface area contributed by atoms with Crippen LogP contribution in [0.2, 0.25) is 0 Å². The summed E-state index contributed by atoms with van der Waals surface area (Å²) < 4.78 is 5.67. The molecule has 2 rings (SSSR count). The van der Waals surface area contributed by atoms with Crippen molar-refractivity contribution in [2.75, 3.05) is 18.1 Å². The fourth-order valence-corrected chi connectivity index (χ4v) is 2.92. The summed E-state index contributed by atoms with van der Waals surface area (Å²) in [6.07, 6.45) is 1.03. The summed E-state index contributed by atoms with van der Waals surface area (Å²) in [6.45, 7) is 2.88. The van der Waals surface area contributed by atoms with Gasteiger partial charge in [0.2, 0.25) is 0 Å². The van der Waals surface area contributed by atoms with Crippen LogP contribution >= 0.6 is 11.8 Å². The molecule has 0 fully saturated rings. The Labute approximate surface area is 125 Å². The number of benzene rings is 2. The summed E-state index contributed by atoms with van der Waals surface area (Å²) >= 11 is 1.95. The fourth-order valence-electron chi connectivity index (χ4n) is 1.91. The molecular formula is C17H21NOS. The Bertz CT molecular complexity index is 493. The van der Waals surface area contributed by atoms with Crippen LogP contribution in [0.1, 0.15) is 17.5 Å². The normalized spacial score (nSPS) is 10.4. The first-order valence-corrected chi connectivity index (χ1v) is 8.02. The van der Waals surface area contributed by atoms with Crippen molar-refractivity contribution >= 4 is 17.4 Å². The van der Waals surface area contributed by atoms with E-state index in [1.54, 1.807) is 0 Å². The van der Waals surface area contributed by atoms with Gasteiger partial charge in [0.05, 0.1) is 12.3 Å². The first-order chi connectivity index (χ1) is 9.77. The number of hydrogen-bond acceptors (Lipinski definition) is 3. The Balaban J connectivity index is 1.63. The van der Waals surface area contributed by atoms with E-state index in [4.69, 9.17) is 10.5 Å². The van der Waals surface area contributed by atoms with Crippen molar-refractivity contribution < 1.29 is 4.74 Å². The van der Waals surface area contributed by atoms with Crippen molar-refractivity contribution in [1.82, 2.24) is 0 Å². The molecule has 0 atom stereocenters. The molecule has 0 aliphatic heterocycles. The Morgan fingerprint density at radius 3 is 2.60 bits per heavy atom. The van der Waals surface area contributed by atoms with E-state index in [-0.39, 0.29) is 0 Å². The summed E-state index contributed by atoms with van der Waals surface area (Å²) in [7, 11) is 0. The second-order valence-electron chi connectivity index (χ2n) is 4.72. The maximum atomic E-state index is 5.82. The Morgan fingerprint density at radius 1 is 1.05 bits per heavy atom. The topological polar surface area (TPSA) is 35.2 Å². The van der Waals surface area contributed by atoms with Gasteiger partial charge in [0.1, 0.15) is 5.75 Å². The molecular weight excluding hydrogens is 266 g/mol. The Morgan fingerprint density at radius 2 is 1.80 bits per heavy atom. The summed E-state index contributed by atoms with van der Waals surface area (Å²) in [5, 5.41) is 0. The van der Waals surface area contributed by atoms with Crippen LogP contribution in [-0.2, 0) is 5.75 Å². The van der Waals surface area contributed by atoms with Gasteiger partial charge in [-0.25, -0.2) is 0 Å². The largest absolute Gasteiger partial charge is 0.491 e. The van der Waals surface area contributed by atoms with Gasteiger partial charge >= 0.3 is 0 Å². The van der Waals surface area contributed by atoms with Crippen molar-refractivity contribution in [3.05, 3.63) is 59.7 Å². The predicted octanol–water partition coefficient (Wildman–Crippen LogP) is 4.28. The SMILES string of the molecule is Cc1ccccc1CSCCCOc1ccccc1N. The van der Waals surface area contributed by atoms with E-state index in [9.17, 15) is 0 Å². The predicted molar refractivity (Wildman–Crippen MR) is 88.3 cm³/mol. The highest BCUT2D eigenvalue weighted by molar-refractivity contribution is 7.98. The van der Waals surface area contributed by atoms with E-state index in [1.165, 1.54) is 11.1 Å². The molecule has 0 amide bonds. The lowest BCUT2D eigenvalue weighted by Gasteiger charge is -2.08. The van der Waals surface area contributed by atoms with E-state index >= 15 is 0 Å². The zero-order valence-corrected chi connectivity index (χ0v) is 12.7. The van der Waals surface area contributed by atoms with Gasteiger partial charge in [-0.1, -0.05) is 36.4 Å². The Kier molecular flexibility index (Phi) is 5.81. The standard InChI is InChI=1S/C17H21NOS/c1-14-7-2-3-8-15(14)13-20-12-6-11-19-17-10-5-4-9-16(17)18/h2-5,7-10H,6,11-13,18H2,1H3. The molecule has 3 heteroatoms. The minimum absolute atomic E-state index is 0.708. The summed E-state index contributed by atoms with van der Waals surface area (Å²) in [4.78, 5) is 0. The second-order valence-corrected chi connectivity index (χ2v) is 5.82. The van der Waals surface area contributed by atoms with Crippen LogP contribution in [0.5, 0.6) is 5.75 Å². The first-order valence-electron chi connectivity index (χ1n) is 6.87. The third-order valence-corrected chi connectivity index (χ3v) is 4.22. The van der Waals surface area contributed by atoms with E-state index in [0.29, 0.717) is 5.69 Å². The smallest absolute Gasteiger partial charge is 0.142 e. The number of ether oxygens (including phenoxy) is 1. The molecule has 0 unspecified atom stereocenters. The molecule has 0 saturated heterocycles. The highest BCUT2D eigenvalue weighted by Crippen LogP contribution is 2.20. The van der Waals surface area contributed by atoms with Crippen LogP contribution in [0.15, 0.2) is 48.5 Å². The molecule has 0 aliphatic rings. The Hall–Kier alpha value is -1.61. The lowest BCUT2D eigenvalue weighted by atomic mass is 10.1. The molecule has 0 aromatic heterocycles. The maximum Gasteiger partial charge on any atom is 0.142 e. The first kappa shape index (κ1) is 14.8. The monoisotopic (exact) mass is 287 g/mol. The van der Waals surface area contributed by atoms with E-state index in [0.717, 1.165) is 30.3 Å². The third-order valence-electron chi connectivity index (χ3n) is 3.13. The third kappa shape index (κ3) is 4.49. The second kappa shape index (κ2) is 7.85. The highest BCUT2D eigenvalue weighted by atomic mass is 32.2. The molecule has 2 aromatic carbocycles. The van der Waals surface area contributed by atoms with Crippen LogP contribution in [0, 0.1) is 6.92 Å². The van der Waals surface area contributed by atoms with E-state index in [2.05, 4.69) is 31.2 Å². The number of nitrogen functional groups attached to an aromatic ring is 1. The van der Waals surface area contributed by atoms with E-state index in [1.807, 2.05) is 36.0 Å². The molecule has 0 spiro atoms. The van der Waals surface area contributed by atoms with Gasteiger partial charge in [0, 0.05) is 5.75 Å². The number of aryl methyl sites for hydroxylation is 1. The minimum atomic E-state index is 0.708. The molecule has 2 aromatic rings. The molecule has 0 heterocycles. The van der Waals surface area contributed by atoms with Crippen LogP contribution in [0.4, 0.5) is 5.69 Å². The van der Waals surface area contributed by atoms with Crippen molar-refractivity contribution in [3.8, 4) is 5.75 Å². The van der Waals surface area contributed by atoms with Gasteiger partial charge in [0.25, 0.3) is 0 Å². The lowest BCUT2D eigenvalue weighted by molar-refractivity contribution is 0.320. The zero-order valence-electron chi connectivity index (χ0n) is 11.8. The highest BCUT2D eigenvalue weighted by Gasteiger charge is 1.99. The number of nitrogens with two attached hydrogens (primary N) is 1. The number of hydrogen-bond donors (Lipinski definition) is 1. The average Bonchev–Trinajstić information content (AvgIpc) is 2.46. The van der Waals surface area contributed by atoms with Crippen LogP contribution in [0.25, 0.3) is 0 Å². The van der Waals surface area contributed by atoms with Crippen molar-refractivity contribution in [2.45, 2.75) is 19.1 Å². The maximum absolute atomic E-state index is 5.82. The number of thioether (sulfide) groups is 1. The van der Waals surface area contributed by atoms with Crippen LogP contribution in [-0.4, -0.2) is 12.4 Å². The molecule has 0 saturated carbocycles. The average molecular weight is 287 g/mol. The van der Waals surface area contributed by atoms with Crippen molar-refractivity contribution in [2.24, 2.45) is 0 Å². The van der Waals surface area contributed by atoms with Gasteiger partial charge in [-0.15, -0.1) is 0 Å². The molecule has 2 nitrogen and oxygen atoms in total. The van der Waals surface area contributed by atoms with Crippen molar-refractivity contribution in [1.29, 1.82) is 0 Å². The van der Waals surface area contributed by atoms with Gasteiger partial charge in [-0.3, -0.25) is 0 Å². The summed E-state index contributed by atoms with van der Waals surface area (Å²) in [5.74, 6) is 2.96. The lowest BCUT2D eigenvalue weighted by Crippen LogP contribution is -2.01. The minimum Gasteiger partial charge on any atom is -0.491 e. The molecule has 0 radical (unpaired) electrons. The molecule has 0 bridgehead atoms. The summed E-state index contributed by atoms with van der Waals surface area (Å²) in [5.41, 5.74) is 9.32. The molecule has 0 aliphatic carbocycles. The number of para-hydroxylation sites is 2. The van der Waals surface area contributed by atoms with Gasteiger partial charge < -0.3 is 10.5 Å². The quantitative estimate of drug-likeness (QED) is 0.610. The fraction of sp³-hybridized carbons (Fsp3) is 0.294. The van der Waals surface area contributed by atoms with Gasteiger partial charge in [0.15, 0.2) is 0 Å². The van der Waals surface area contributed by atoms with E-state index < -0.39 is 0 Å². The van der Waals surface area contributed by atoms with Gasteiger partial charge in [-0.05, 0) is 42.4 Å². The molecule has 20 heavy (non-hydrogen) atoms. The number of anilines is 1. The zero-order chi connectivity index (χ0) is 14.2. The summed E-state index contributed by atoms with van der Waals surface area (Å²) in [6, 6.07) is 16.2. The molecule has 106 valence electrons. The van der Waals surface area contributed by atoms with Crippen molar-refractivity contribution in [3.63, 3.8) is 0 Å². The molecule has 2 N–H and O–H groups in total. The number of rotatable bonds is 7. The van der Waals surface area contributed by atoms with Crippen LogP contribution in [0.3, 0.4) is 0 Å². The van der Waals surface area contributed by atoms with Crippen LogP contribution < -0.4 is 10.5 Å². The van der Waals surface area contributed by atoms with Gasteiger partial charge in [-0.2, -0.15) is 11.8 Å².